The van der Waals surface area contributed by atoms with Gasteiger partial charge in [0.05, 0.1) is 6.61 Å². The molecule has 0 bridgehead atoms. The number of nitrogens with zero attached hydrogens (tertiary/aromatic N) is 2. The molecule has 2 amide bonds. The minimum absolute atomic E-state index is 0.121. The second-order valence-corrected chi connectivity index (χ2v) is 4.29. The fourth-order valence-corrected chi connectivity index (χ4v) is 1.60. The number of amides is 2. The molecule has 0 rings (SSSR count). The van der Waals surface area contributed by atoms with E-state index in [-0.39, 0.29) is 6.03 Å². The second kappa shape index (κ2) is 8.39. The van der Waals surface area contributed by atoms with Gasteiger partial charge in [0.1, 0.15) is 0 Å². The molecule has 0 saturated heterocycles. The van der Waals surface area contributed by atoms with E-state index in [9.17, 15) is 4.79 Å². The van der Waals surface area contributed by atoms with E-state index in [1.54, 1.807) is 7.11 Å². The number of rotatable bonds is 7. The summed E-state index contributed by atoms with van der Waals surface area (Å²) in [5.74, 6) is 0.483. The van der Waals surface area contributed by atoms with Gasteiger partial charge in [0.25, 0.3) is 0 Å². The van der Waals surface area contributed by atoms with Gasteiger partial charge >= 0.3 is 6.03 Å². The number of urea groups is 1. The van der Waals surface area contributed by atoms with Crippen LogP contribution in [-0.2, 0) is 4.74 Å². The van der Waals surface area contributed by atoms with E-state index >= 15 is 0 Å². The van der Waals surface area contributed by atoms with Crippen molar-refractivity contribution in [2.75, 3.05) is 39.9 Å². The Balaban J connectivity index is 4.40. The number of carbonyl (C=O) groups excluding carboxylic acids is 1. The molecule has 0 aliphatic heterocycles. The van der Waals surface area contributed by atoms with Gasteiger partial charge in [0.2, 0.25) is 0 Å². The second-order valence-electron chi connectivity index (χ2n) is 4.29. The van der Waals surface area contributed by atoms with Crippen molar-refractivity contribution in [2.45, 2.75) is 27.7 Å². The van der Waals surface area contributed by atoms with Gasteiger partial charge in [0, 0.05) is 33.3 Å². The molecule has 0 aliphatic carbocycles. The normalized spacial score (nSPS) is 10.6. The zero-order chi connectivity index (χ0) is 12.6. The van der Waals surface area contributed by atoms with Gasteiger partial charge in [-0.2, -0.15) is 0 Å². The minimum atomic E-state index is 0.121. The molecule has 0 aromatic heterocycles. The molecule has 0 aromatic rings. The zero-order valence-electron chi connectivity index (χ0n) is 11.3. The van der Waals surface area contributed by atoms with E-state index in [1.807, 2.05) is 23.6 Å². The average molecular weight is 230 g/mol. The summed E-state index contributed by atoms with van der Waals surface area (Å²) in [6.07, 6.45) is 0. The van der Waals surface area contributed by atoms with Crippen LogP contribution in [0.3, 0.4) is 0 Å². The summed E-state index contributed by atoms with van der Waals surface area (Å²) in [6.45, 7) is 11.8. The van der Waals surface area contributed by atoms with Crippen LogP contribution in [0.2, 0.25) is 0 Å². The van der Waals surface area contributed by atoms with E-state index in [0.29, 0.717) is 19.1 Å². The van der Waals surface area contributed by atoms with Crippen molar-refractivity contribution in [3.05, 3.63) is 0 Å². The van der Waals surface area contributed by atoms with Crippen LogP contribution in [0.15, 0.2) is 0 Å². The highest BCUT2D eigenvalue weighted by Crippen LogP contribution is 2.04. The fourth-order valence-electron chi connectivity index (χ4n) is 1.60. The lowest BCUT2D eigenvalue weighted by atomic mass is 10.2. The first-order chi connectivity index (χ1) is 7.56. The van der Waals surface area contributed by atoms with E-state index in [0.717, 1.165) is 19.6 Å². The van der Waals surface area contributed by atoms with Crippen LogP contribution >= 0.6 is 0 Å². The third-order valence-corrected chi connectivity index (χ3v) is 2.46. The maximum atomic E-state index is 12.1. The van der Waals surface area contributed by atoms with Crippen LogP contribution in [0.4, 0.5) is 4.79 Å². The van der Waals surface area contributed by atoms with Gasteiger partial charge in [-0.05, 0) is 19.8 Å². The maximum absolute atomic E-state index is 12.1. The Morgan fingerprint density at radius 1 is 1.19 bits per heavy atom. The molecule has 0 aromatic carbocycles. The van der Waals surface area contributed by atoms with Crippen LogP contribution in [0.25, 0.3) is 0 Å². The first-order valence-electron chi connectivity index (χ1n) is 6.09. The quantitative estimate of drug-likeness (QED) is 0.670. The fraction of sp³-hybridized carbons (Fsp3) is 0.917. The summed E-state index contributed by atoms with van der Waals surface area (Å²) >= 11 is 0. The van der Waals surface area contributed by atoms with Crippen LogP contribution in [0, 0.1) is 5.92 Å². The van der Waals surface area contributed by atoms with Crippen LogP contribution in [-0.4, -0.2) is 55.7 Å². The Hall–Kier alpha value is -0.770. The Labute approximate surface area is 99.5 Å². The van der Waals surface area contributed by atoms with E-state index in [2.05, 4.69) is 13.8 Å². The highest BCUT2D eigenvalue weighted by atomic mass is 16.5. The summed E-state index contributed by atoms with van der Waals surface area (Å²) in [6, 6.07) is 0.121. The molecule has 0 atom stereocenters. The van der Waals surface area contributed by atoms with Gasteiger partial charge in [-0.15, -0.1) is 0 Å². The largest absolute Gasteiger partial charge is 0.383 e. The van der Waals surface area contributed by atoms with Gasteiger partial charge in [0.15, 0.2) is 0 Å². The molecular formula is C12H26N2O2. The Kier molecular flexibility index (Phi) is 7.99. The smallest absolute Gasteiger partial charge is 0.320 e. The summed E-state index contributed by atoms with van der Waals surface area (Å²) in [7, 11) is 1.66. The topological polar surface area (TPSA) is 32.8 Å². The van der Waals surface area contributed by atoms with Crippen LogP contribution in [0.5, 0.6) is 0 Å². The van der Waals surface area contributed by atoms with Crippen molar-refractivity contribution in [3.8, 4) is 0 Å². The van der Waals surface area contributed by atoms with Crippen LogP contribution in [0.1, 0.15) is 27.7 Å². The minimum Gasteiger partial charge on any atom is -0.383 e. The van der Waals surface area contributed by atoms with Gasteiger partial charge in [-0.25, -0.2) is 4.79 Å². The standard InChI is InChI=1S/C12H26N2O2/c1-6-13(7-2)12(15)14(8-9-16-5)10-11(3)4/h11H,6-10H2,1-5H3. The van der Waals surface area contributed by atoms with Crippen molar-refractivity contribution in [2.24, 2.45) is 5.92 Å². The molecular weight excluding hydrogens is 204 g/mol. The maximum Gasteiger partial charge on any atom is 0.320 e. The van der Waals surface area contributed by atoms with Crippen molar-refractivity contribution in [1.29, 1.82) is 0 Å². The Morgan fingerprint density at radius 3 is 2.12 bits per heavy atom. The monoisotopic (exact) mass is 230 g/mol. The lowest BCUT2D eigenvalue weighted by molar-refractivity contribution is 0.122. The highest BCUT2D eigenvalue weighted by molar-refractivity contribution is 5.74. The molecule has 0 spiro atoms. The summed E-state index contributed by atoms with van der Waals surface area (Å²) in [5, 5.41) is 0. The summed E-state index contributed by atoms with van der Waals surface area (Å²) < 4.78 is 5.04. The van der Waals surface area contributed by atoms with E-state index in [1.165, 1.54) is 0 Å². The zero-order valence-corrected chi connectivity index (χ0v) is 11.3. The van der Waals surface area contributed by atoms with E-state index in [4.69, 9.17) is 4.74 Å². The number of hydrogen-bond acceptors (Lipinski definition) is 2. The predicted octanol–water partition coefficient (Wildman–Crippen LogP) is 2.05. The lowest BCUT2D eigenvalue weighted by Crippen LogP contribution is -2.45. The number of methoxy groups -OCH3 is 1. The number of hydrogen-bond donors (Lipinski definition) is 0. The SMILES string of the molecule is CCN(CC)C(=O)N(CCOC)CC(C)C. The lowest BCUT2D eigenvalue weighted by Gasteiger charge is -2.30. The summed E-state index contributed by atoms with van der Waals surface area (Å²) in [4.78, 5) is 15.9. The Bertz CT molecular complexity index is 191. The van der Waals surface area contributed by atoms with Crippen LogP contribution < -0.4 is 0 Å². The molecule has 4 heteroatoms. The van der Waals surface area contributed by atoms with Gasteiger partial charge in [-0.1, -0.05) is 13.8 Å². The molecule has 0 radical (unpaired) electrons. The average Bonchev–Trinajstić information content (AvgIpc) is 2.25. The van der Waals surface area contributed by atoms with Crippen molar-refractivity contribution < 1.29 is 9.53 Å². The van der Waals surface area contributed by atoms with Gasteiger partial charge < -0.3 is 14.5 Å². The van der Waals surface area contributed by atoms with Crippen molar-refractivity contribution in [3.63, 3.8) is 0 Å². The molecule has 0 aliphatic rings. The molecule has 96 valence electrons. The van der Waals surface area contributed by atoms with E-state index < -0.39 is 0 Å². The van der Waals surface area contributed by atoms with Crippen molar-refractivity contribution >= 4 is 6.03 Å². The third kappa shape index (κ3) is 5.35. The van der Waals surface area contributed by atoms with Gasteiger partial charge in [-0.3, -0.25) is 0 Å². The molecule has 0 fully saturated rings. The molecule has 0 heterocycles. The number of carbonyl (C=O) groups is 1. The first-order valence-corrected chi connectivity index (χ1v) is 6.09. The van der Waals surface area contributed by atoms with Crippen molar-refractivity contribution in [1.82, 2.24) is 9.80 Å². The molecule has 16 heavy (non-hydrogen) atoms. The molecule has 0 saturated carbocycles. The Morgan fingerprint density at radius 2 is 1.75 bits per heavy atom. The molecule has 0 N–H and O–H groups in total. The summed E-state index contributed by atoms with van der Waals surface area (Å²) in [5.41, 5.74) is 0. The molecule has 4 nitrogen and oxygen atoms in total. The predicted molar refractivity (Wildman–Crippen MR) is 66.6 cm³/mol. The third-order valence-electron chi connectivity index (χ3n) is 2.46. The highest BCUT2D eigenvalue weighted by Gasteiger charge is 2.18. The molecule has 0 unspecified atom stereocenters. The first kappa shape index (κ1) is 15.2. The number of ether oxygens (including phenoxy) is 1.